The summed E-state index contributed by atoms with van der Waals surface area (Å²) in [7, 11) is 0.961. The SMILES string of the molecule is COC(OC)c1ccc(C(=O)C[C@H](CNC(=O)OC(C)(C)C)O[Si](C)(C)C(C)(C)C)cc1. The zero-order valence-corrected chi connectivity index (χ0v) is 22.3. The number of rotatable bonds is 10. The number of alkyl carbamates (subject to hydrolysis) is 1. The quantitative estimate of drug-likeness (QED) is 0.279. The number of nitrogens with one attached hydrogen (secondary N) is 1. The Labute approximate surface area is 194 Å². The van der Waals surface area contributed by atoms with Crippen molar-refractivity contribution in [1.29, 1.82) is 0 Å². The third-order valence-electron chi connectivity index (χ3n) is 5.49. The minimum Gasteiger partial charge on any atom is -0.444 e. The number of hydrogen-bond donors (Lipinski definition) is 1. The van der Waals surface area contributed by atoms with Crippen molar-refractivity contribution in [1.82, 2.24) is 5.32 Å². The molecule has 0 bridgehead atoms. The third kappa shape index (κ3) is 9.01. The molecule has 8 heteroatoms. The topological polar surface area (TPSA) is 83.1 Å². The second-order valence-corrected chi connectivity index (χ2v) is 15.2. The molecule has 0 saturated heterocycles. The Balaban J connectivity index is 2.96. The van der Waals surface area contributed by atoms with Crippen LogP contribution in [0.2, 0.25) is 18.1 Å². The van der Waals surface area contributed by atoms with Gasteiger partial charge in [0.1, 0.15) is 5.60 Å². The normalized spacial score (nSPS) is 13.7. The Morgan fingerprint density at radius 1 is 0.969 bits per heavy atom. The Hall–Kier alpha value is -1.74. The number of methoxy groups -OCH3 is 2. The monoisotopic (exact) mass is 467 g/mol. The zero-order chi connectivity index (χ0) is 24.7. The van der Waals surface area contributed by atoms with Gasteiger partial charge in [0.15, 0.2) is 20.4 Å². The molecule has 0 aromatic heterocycles. The molecule has 0 unspecified atom stereocenters. The highest BCUT2D eigenvalue weighted by Gasteiger charge is 2.39. The molecule has 0 aliphatic carbocycles. The molecule has 0 fully saturated rings. The first kappa shape index (κ1) is 28.3. The van der Waals surface area contributed by atoms with Gasteiger partial charge in [-0.15, -0.1) is 0 Å². The minimum atomic E-state index is -2.17. The number of carbonyl (C=O) groups excluding carboxylic acids is 2. The van der Waals surface area contributed by atoms with Crippen LogP contribution in [0.3, 0.4) is 0 Å². The maximum Gasteiger partial charge on any atom is 0.407 e. The standard InChI is InChI=1S/C24H41NO6Si/c1-23(2,3)30-22(27)25-16-19(31-32(9,10)24(4,5)6)15-20(26)17-11-13-18(14-12-17)21(28-7)29-8/h11-14,19,21H,15-16H2,1-10H3,(H,25,27)/t19-/m1/s1. The molecular formula is C24H41NO6Si. The number of Topliss-reactive ketones (excluding diaryl/α,β-unsaturated/α-hetero) is 1. The molecule has 0 spiro atoms. The van der Waals surface area contributed by atoms with Gasteiger partial charge in [-0.2, -0.15) is 0 Å². The van der Waals surface area contributed by atoms with Crippen molar-refractivity contribution in [2.75, 3.05) is 20.8 Å². The molecule has 0 radical (unpaired) electrons. The lowest BCUT2D eigenvalue weighted by molar-refractivity contribution is -0.106. The van der Waals surface area contributed by atoms with E-state index in [1.165, 1.54) is 0 Å². The van der Waals surface area contributed by atoms with Crippen molar-refractivity contribution < 1.29 is 28.2 Å². The van der Waals surface area contributed by atoms with Crippen molar-refractivity contribution in [3.63, 3.8) is 0 Å². The predicted octanol–water partition coefficient (Wildman–Crippen LogP) is 5.47. The molecule has 1 aromatic rings. The van der Waals surface area contributed by atoms with E-state index >= 15 is 0 Å². The van der Waals surface area contributed by atoms with Gasteiger partial charge in [0.05, 0.1) is 6.10 Å². The first-order chi connectivity index (χ1) is 14.6. The molecule has 7 nitrogen and oxygen atoms in total. The number of ether oxygens (including phenoxy) is 3. The number of ketones is 1. The van der Waals surface area contributed by atoms with E-state index in [4.69, 9.17) is 18.6 Å². The van der Waals surface area contributed by atoms with E-state index in [1.54, 1.807) is 47.1 Å². The summed E-state index contributed by atoms with van der Waals surface area (Å²) >= 11 is 0. The third-order valence-corrected chi connectivity index (χ3v) is 10.0. The summed E-state index contributed by atoms with van der Waals surface area (Å²) in [6.07, 6.45) is -1.31. The summed E-state index contributed by atoms with van der Waals surface area (Å²) in [5, 5.41) is 2.73. The lowest BCUT2D eigenvalue weighted by Crippen LogP contribution is -2.48. The predicted molar refractivity (Wildman–Crippen MR) is 128 cm³/mol. The molecule has 0 saturated carbocycles. The summed E-state index contributed by atoms with van der Waals surface area (Å²) in [6, 6.07) is 7.14. The van der Waals surface area contributed by atoms with Crippen molar-refractivity contribution in [2.45, 2.75) is 84.1 Å². The smallest absolute Gasteiger partial charge is 0.407 e. The molecule has 32 heavy (non-hydrogen) atoms. The Kier molecular flexibility index (Phi) is 10.1. The van der Waals surface area contributed by atoms with Gasteiger partial charge < -0.3 is 24.0 Å². The van der Waals surface area contributed by atoms with Crippen LogP contribution < -0.4 is 5.32 Å². The van der Waals surface area contributed by atoms with Gasteiger partial charge in [0.2, 0.25) is 0 Å². The van der Waals surface area contributed by atoms with E-state index in [9.17, 15) is 9.59 Å². The fourth-order valence-electron chi connectivity index (χ4n) is 2.78. The lowest BCUT2D eigenvalue weighted by Gasteiger charge is -2.39. The van der Waals surface area contributed by atoms with Crippen LogP contribution in [0.1, 0.15) is 70.2 Å². The Morgan fingerprint density at radius 2 is 1.50 bits per heavy atom. The summed E-state index contributed by atoms with van der Waals surface area (Å²) in [5.41, 5.74) is 0.799. The summed E-state index contributed by atoms with van der Waals surface area (Å²) in [6.45, 7) is 16.3. The van der Waals surface area contributed by atoms with Gasteiger partial charge in [0.25, 0.3) is 0 Å². The lowest BCUT2D eigenvalue weighted by atomic mass is 10.0. The largest absolute Gasteiger partial charge is 0.444 e. The second-order valence-electron chi connectivity index (χ2n) is 10.4. The Bertz CT molecular complexity index is 745. The fraction of sp³-hybridized carbons (Fsp3) is 0.667. The van der Waals surface area contributed by atoms with Crippen LogP contribution in [-0.2, 0) is 18.6 Å². The van der Waals surface area contributed by atoms with Gasteiger partial charge in [0, 0.05) is 38.3 Å². The van der Waals surface area contributed by atoms with Gasteiger partial charge >= 0.3 is 6.09 Å². The second kappa shape index (κ2) is 11.4. The number of benzene rings is 1. The molecule has 1 amide bonds. The van der Waals surface area contributed by atoms with Crippen molar-refractivity contribution in [2.24, 2.45) is 0 Å². The van der Waals surface area contributed by atoms with Crippen molar-refractivity contribution >= 4 is 20.2 Å². The van der Waals surface area contributed by atoms with E-state index in [0.29, 0.717) is 5.56 Å². The highest BCUT2D eigenvalue weighted by Crippen LogP contribution is 2.37. The van der Waals surface area contributed by atoms with Gasteiger partial charge in [-0.05, 0) is 38.9 Å². The van der Waals surface area contributed by atoms with E-state index in [1.807, 2.05) is 12.1 Å². The molecule has 1 N–H and O–H groups in total. The molecule has 1 rings (SSSR count). The highest BCUT2D eigenvalue weighted by molar-refractivity contribution is 6.74. The number of carbonyl (C=O) groups is 2. The van der Waals surface area contributed by atoms with E-state index in [-0.39, 0.29) is 23.8 Å². The van der Waals surface area contributed by atoms with Gasteiger partial charge in [-0.3, -0.25) is 4.79 Å². The van der Waals surface area contributed by atoms with Crippen LogP contribution in [0, 0.1) is 0 Å². The van der Waals surface area contributed by atoms with Crippen molar-refractivity contribution in [3.05, 3.63) is 35.4 Å². The minimum absolute atomic E-state index is 0.0306. The van der Waals surface area contributed by atoms with Gasteiger partial charge in [-0.25, -0.2) is 4.79 Å². The average Bonchev–Trinajstić information content (AvgIpc) is 2.65. The molecule has 0 aliphatic heterocycles. The highest BCUT2D eigenvalue weighted by atomic mass is 28.4. The van der Waals surface area contributed by atoms with Gasteiger partial charge in [-0.1, -0.05) is 45.0 Å². The van der Waals surface area contributed by atoms with Crippen LogP contribution >= 0.6 is 0 Å². The van der Waals surface area contributed by atoms with E-state index < -0.39 is 32.4 Å². The van der Waals surface area contributed by atoms with E-state index in [0.717, 1.165) is 5.56 Å². The molecule has 0 heterocycles. The molecular weight excluding hydrogens is 426 g/mol. The fourth-order valence-corrected chi connectivity index (χ4v) is 4.13. The maximum atomic E-state index is 13.0. The van der Waals surface area contributed by atoms with Crippen LogP contribution in [-0.4, -0.2) is 52.7 Å². The average molecular weight is 468 g/mol. The van der Waals surface area contributed by atoms with Crippen molar-refractivity contribution in [3.8, 4) is 0 Å². The van der Waals surface area contributed by atoms with Crippen LogP contribution in [0.25, 0.3) is 0 Å². The van der Waals surface area contributed by atoms with Crippen LogP contribution in [0.5, 0.6) is 0 Å². The first-order valence-electron chi connectivity index (χ1n) is 10.9. The number of hydrogen-bond acceptors (Lipinski definition) is 6. The zero-order valence-electron chi connectivity index (χ0n) is 21.3. The summed E-state index contributed by atoms with van der Waals surface area (Å²) in [4.78, 5) is 25.2. The number of amides is 1. The molecule has 182 valence electrons. The molecule has 0 aliphatic rings. The summed E-state index contributed by atoms with van der Waals surface area (Å²) < 4.78 is 22.3. The van der Waals surface area contributed by atoms with Crippen LogP contribution in [0.15, 0.2) is 24.3 Å². The summed E-state index contributed by atoms with van der Waals surface area (Å²) in [5.74, 6) is -0.0577. The van der Waals surface area contributed by atoms with E-state index in [2.05, 4.69) is 39.2 Å². The molecule has 1 aromatic carbocycles. The first-order valence-corrected chi connectivity index (χ1v) is 13.8. The maximum absolute atomic E-state index is 13.0. The molecule has 1 atom stereocenters. The Morgan fingerprint density at radius 3 is 1.94 bits per heavy atom. The van der Waals surface area contributed by atoms with Crippen LogP contribution in [0.4, 0.5) is 4.79 Å².